The SMILES string of the molecule is Clc1ccc(COc2cccc([C@H](I)CI)c2)cc1Cl. The molecular formula is C15H12Cl2I2O. The highest BCUT2D eigenvalue weighted by Crippen LogP contribution is 2.29. The standard InChI is InChI=1S/C15H12Cl2I2O/c16-13-5-4-10(6-14(13)17)9-20-12-3-1-2-11(7-12)15(19)8-18/h1-7,15H,8-9H2/t15-/m1/s1. The lowest BCUT2D eigenvalue weighted by molar-refractivity contribution is 0.306. The third-order valence-electron chi connectivity index (χ3n) is 2.74. The van der Waals surface area contributed by atoms with E-state index in [0.29, 0.717) is 20.6 Å². The van der Waals surface area contributed by atoms with Crippen LogP contribution in [0.4, 0.5) is 0 Å². The third-order valence-corrected chi connectivity index (χ3v) is 7.21. The molecule has 0 heterocycles. The molecule has 1 atom stereocenters. The van der Waals surface area contributed by atoms with Gasteiger partial charge >= 0.3 is 0 Å². The number of rotatable bonds is 5. The number of alkyl halides is 2. The Hall–Kier alpha value is 0.280. The molecule has 0 amide bonds. The van der Waals surface area contributed by atoms with Gasteiger partial charge in [0.05, 0.1) is 10.0 Å². The first-order chi connectivity index (χ1) is 9.60. The minimum atomic E-state index is 0.483. The molecule has 0 unspecified atom stereocenters. The van der Waals surface area contributed by atoms with Crippen LogP contribution in [0.1, 0.15) is 15.1 Å². The summed E-state index contributed by atoms with van der Waals surface area (Å²) in [7, 11) is 0. The first-order valence-corrected chi connectivity index (χ1v) is 9.49. The van der Waals surface area contributed by atoms with Gasteiger partial charge in [-0.2, -0.15) is 0 Å². The largest absolute Gasteiger partial charge is 0.489 e. The normalized spacial score (nSPS) is 12.2. The molecule has 5 heteroatoms. The third kappa shape index (κ3) is 4.64. The molecular weight excluding hydrogens is 521 g/mol. The van der Waals surface area contributed by atoms with Crippen molar-refractivity contribution in [2.75, 3.05) is 4.43 Å². The van der Waals surface area contributed by atoms with E-state index in [1.165, 1.54) is 5.56 Å². The van der Waals surface area contributed by atoms with Crippen molar-refractivity contribution >= 4 is 68.4 Å². The quantitative estimate of drug-likeness (QED) is 0.316. The van der Waals surface area contributed by atoms with Crippen molar-refractivity contribution in [3.63, 3.8) is 0 Å². The molecule has 0 saturated carbocycles. The van der Waals surface area contributed by atoms with E-state index in [9.17, 15) is 0 Å². The van der Waals surface area contributed by atoms with E-state index in [1.54, 1.807) is 6.07 Å². The summed E-state index contributed by atoms with van der Waals surface area (Å²) in [6, 6.07) is 13.8. The summed E-state index contributed by atoms with van der Waals surface area (Å²) in [6.07, 6.45) is 0. The zero-order valence-electron chi connectivity index (χ0n) is 10.5. The van der Waals surface area contributed by atoms with Crippen molar-refractivity contribution < 1.29 is 4.74 Å². The summed E-state index contributed by atoms with van der Waals surface area (Å²) in [6.45, 7) is 0.483. The Labute approximate surface area is 156 Å². The molecule has 2 aromatic rings. The summed E-state index contributed by atoms with van der Waals surface area (Å²) in [5, 5.41) is 1.12. The Bertz CT molecular complexity index is 590. The van der Waals surface area contributed by atoms with Crippen LogP contribution >= 0.6 is 68.4 Å². The molecule has 2 rings (SSSR count). The Morgan fingerprint density at radius 1 is 1.05 bits per heavy atom. The highest BCUT2D eigenvalue weighted by Gasteiger charge is 2.07. The molecule has 0 bridgehead atoms. The second kappa shape index (κ2) is 8.06. The fourth-order valence-electron chi connectivity index (χ4n) is 1.68. The topological polar surface area (TPSA) is 9.23 Å². The maximum atomic E-state index is 5.99. The second-order valence-corrected chi connectivity index (χ2v) is 7.43. The van der Waals surface area contributed by atoms with Crippen molar-refractivity contribution in [3.8, 4) is 5.75 Å². The first kappa shape index (κ1) is 16.6. The summed E-state index contributed by atoms with van der Waals surface area (Å²) in [5.41, 5.74) is 2.29. The Balaban J connectivity index is 2.05. The van der Waals surface area contributed by atoms with Gasteiger partial charge in [0.1, 0.15) is 12.4 Å². The fourth-order valence-corrected chi connectivity index (χ4v) is 2.90. The van der Waals surface area contributed by atoms with Gasteiger partial charge < -0.3 is 4.74 Å². The molecule has 0 aromatic heterocycles. The molecule has 0 saturated heterocycles. The Morgan fingerprint density at radius 3 is 2.55 bits per heavy atom. The van der Waals surface area contributed by atoms with Crippen LogP contribution in [0.15, 0.2) is 42.5 Å². The molecule has 0 spiro atoms. The predicted molar refractivity (Wildman–Crippen MR) is 103 cm³/mol. The van der Waals surface area contributed by atoms with Crippen molar-refractivity contribution in [1.29, 1.82) is 0 Å². The average Bonchev–Trinajstić information content (AvgIpc) is 2.48. The van der Waals surface area contributed by atoms with Crippen molar-refractivity contribution in [3.05, 3.63) is 63.6 Å². The van der Waals surface area contributed by atoms with Gasteiger partial charge in [0, 0.05) is 8.35 Å². The van der Waals surface area contributed by atoms with E-state index in [0.717, 1.165) is 15.7 Å². The van der Waals surface area contributed by atoms with Crippen LogP contribution < -0.4 is 4.74 Å². The number of halogens is 4. The van der Waals surface area contributed by atoms with E-state index >= 15 is 0 Å². The number of ether oxygens (including phenoxy) is 1. The Kier molecular flexibility index (Phi) is 6.71. The van der Waals surface area contributed by atoms with Gasteiger partial charge in [0.15, 0.2) is 0 Å². The van der Waals surface area contributed by atoms with Crippen LogP contribution in [-0.2, 0) is 6.61 Å². The molecule has 0 N–H and O–H groups in total. The minimum Gasteiger partial charge on any atom is -0.489 e. The molecule has 0 aliphatic carbocycles. The lowest BCUT2D eigenvalue weighted by Crippen LogP contribution is -1.97. The molecule has 106 valence electrons. The van der Waals surface area contributed by atoms with Crippen LogP contribution in [0.2, 0.25) is 10.0 Å². The van der Waals surface area contributed by atoms with Gasteiger partial charge in [-0.15, -0.1) is 0 Å². The summed E-state index contributed by atoms with van der Waals surface area (Å²) >= 11 is 16.7. The van der Waals surface area contributed by atoms with Crippen molar-refractivity contribution in [2.45, 2.75) is 10.5 Å². The minimum absolute atomic E-state index is 0.483. The molecule has 0 radical (unpaired) electrons. The maximum absolute atomic E-state index is 5.99. The van der Waals surface area contributed by atoms with E-state index in [2.05, 4.69) is 57.3 Å². The molecule has 20 heavy (non-hydrogen) atoms. The highest BCUT2D eigenvalue weighted by molar-refractivity contribution is 14.1. The molecule has 0 aliphatic heterocycles. The zero-order chi connectivity index (χ0) is 14.5. The van der Waals surface area contributed by atoms with E-state index < -0.39 is 0 Å². The molecule has 1 nitrogen and oxygen atoms in total. The van der Waals surface area contributed by atoms with Gasteiger partial charge in [-0.05, 0) is 35.4 Å². The average molecular weight is 533 g/mol. The van der Waals surface area contributed by atoms with Gasteiger partial charge in [-0.1, -0.05) is 86.6 Å². The van der Waals surface area contributed by atoms with Gasteiger partial charge in [0.25, 0.3) is 0 Å². The molecule has 0 aliphatic rings. The van der Waals surface area contributed by atoms with E-state index in [4.69, 9.17) is 27.9 Å². The first-order valence-electron chi connectivity index (χ1n) is 5.97. The Morgan fingerprint density at radius 2 is 1.85 bits per heavy atom. The van der Waals surface area contributed by atoms with E-state index in [1.807, 2.05) is 24.3 Å². The van der Waals surface area contributed by atoms with Gasteiger partial charge in [-0.25, -0.2) is 0 Å². The van der Waals surface area contributed by atoms with E-state index in [-0.39, 0.29) is 0 Å². The lowest BCUT2D eigenvalue weighted by atomic mass is 10.1. The fraction of sp³-hybridized carbons (Fsp3) is 0.200. The van der Waals surface area contributed by atoms with Crippen molar-refractivity contribution in [1.82, 2.24) is 0 Å². The maximum Gasteiger partial charge on any atom is 0.120 e. The number of benzene rings is 2. The molecule has 2 aromatic carbocycles. The van der Waals surface area contributed by atoms with Crippen LogP contribution in [0.25, 0.3) is 0 Å². The second-order valence-electron chi connectivity index (χ2n) is 4.23. The van der Waals surface area contributed by atoms with Gasteiger partial charge in [0.2, 0.25) is 0 Å². The number of hydrogen-bond acceptors (Lipinski definition) is 1. The van der Waals surface area contributed by atoms with Crippen LogP contribution in [0.5, 0.6) is 5.75 Å². The van der Waals surface area contributed by atoms with Crippen LogP contribution in [-0.4, -0.2) is 4.43 Å². The monoisotopic (exact) mass is 532 g/mol. The smallest absolute Gasteiger partial charge is 0.120 e. The predicted octanol–water partition coefficient (Wildman–Crippen LogP) is 6.48. The van der Waals surface area contributed by atoms with Gasteiger partial charge in [-0.3, -0.25) is 0 Å². The molecule has 0 fully saturated rings. The highest BCUT2D eigenvalue weighted by atomic mass is 127. The lowest BCUT2D eigenvalue weighted by Gasteiger charge is -2.11. The summed E-state index contributed by atoms with van der Waals surface area (Å²) in [5.74, 6) is 0.875. The summed E-state index contributed by atoms with van der Waals surface area (Å²) < 4.78 is 7.39. The van der Waals surface area contributed by atoms with Crippen molar-refractivity contribution in [2.24, 2.45) is 0 Å². The van der Waals surface area contributed by atoms with Crippen LogP contribution in [0, 0.1) is 0 Å². The zero-order valence-corrected chi connectivity index (χ0v) is 16.3. The number of hydrogen-bond donors (Lipinski definition) is 0. The van der Waals surface area contributed by atoms with Crippen LogP contribution in [0.3, 0.4) is 0 Å². The summed E-state index contributed by atoms with van der Waals surface area (Å²) in [4.78, 5) is 0.